The molecule has 0 heterocycles. The van der Waals surface area contributed by atoms with Gasteiger partial charge in [-0.3, -0.25) is 37.3 Å². The summed E-state index contributed by atoms with van der Waals surface area (Å²) in [5, 5.41) is 10.6. The fraction of sp³-hybridized carbons (Fsp3) is 0.949. The highest BCUT2D eigenvalue weighted by Crippen LogP contribution is 2.45. The topological polar surface area (TPSA) is 237 Å². The molecule has 0 aliphatic rings. The molecule has 0 aromatic heterocycles. The van der Waals surface area contributed by atoms with Gasteiger partial charge in [-0.15, -0.1) is 0 Å². The van der Waals surface area contributed by atoms with Crippen molar-refractivity contribution in [3.05, 3.63) is 0 Å². The SMILES string of the molecule is CC(C)CCCCCCCCCCCCCCCCCCCCC(=O)OC[C@H](COP(=O)(O)OCC(O)COP(=O)(O)OC[C@@H](COC(=O)CCCCCCCCCC(C)C)OC(=O)CCCCCCCCCCCCC(C)C)OC(=O)CCCCCCCCCCCCCC(C)C. The lowest BCUT2D eigenvalue weighted by Crippen LogP contribution is -2.30. The minimum atomic E-state index is -4.96. The van der Waals surface area contributed by atoms with E-state index in [2.05, 4.69) is 55.4 Å². The molecule has 0 aromatic rings. The van der Waals surface area contributed by atoms with Crippen LogP contribution in [0.3, 0.4) is 0 Å². The summed E-state index contributed by atoms with van der Waals surface area (Å²) >= 11 is 0. The largest absolute Gasteiger partial charge is 0.472 e. The summed E-state index contributed by atoms with van der Waals surface area (Å²) in [6.45, 7) is 14.2. The van der Waals surface area contributed by atoms with E-state index in [1.54, 1.807) is 0 Å². The van der Waals surface area contributed by atoms with Crippen LogP contribution in [0.1, 0.15) is 402 Å². The zero-order chi connectivity index (χ0) is 72.4. The van der Waals surface area contributed by atoms with Crippen LogP contribution < -0.4 is 0 Å². The van der Waals surface area contributed by atoms with Gasteiger partial charge in [-0.1, -0.05) is 351 Å². The van der Waals surface area contributed by atoms with Crippen molar-refractivity contribution in [1.82, 2.24) is 0 Å². The second-order valence-corrected chi connectivity index (χ2v) is 33.3. The number of rotatable bonds is 76. The van der Waals surface area contributed by atoms with Crippen LogP contribution in [-0.4, -0.2) is 96.7 Å². The predicted molar refractivity (Wildman–Crippen MR) is 400 cm³/mol. The van der Waals surface area contributed by atoms with E-state index in [9.17, 15) is 43.2 Å². The summed E-state index contributed by atoms with van der Waals surface area (Å²) in [5.41, 5.74) is 0. The standard InChI is InChI=1S/C79H154O17P2/c1-69(2)55-47-39-31-24-18-15-13-11-9-10-12-14-16-20-27-35-43-51-59-76(81)89-65-74(95-78(83)61-53-45-36-28-21-17-19-25-32-40-48-56-70(3)4)67-93-97(85,86)91-63-73(80)64-92-98(87,88)94-68-75(66-90-77(82)60-52-44-38-30-34-42-50-58-72(7)8)96-79(84)62-54-46-37-29-23-22-26-33-41-49-57-71(5)6/h69-75,80H,9-68H2,1-8H3,(H,85,86)(H,87,88)/t73?,74-,75-/m1/s1. The third kappa shape index (κ3) is 72.4. The molecule has 0 rings (SSSR count). The fourth-order valence-electron chi connectivity index (χ4n) is 12.1. The van der Waals surface area contributed by atoms with E-state index >= 15 is 0 Å². The van der Waals surface area contributed by atoms with Gasteiger partial charge in [0, 0.05) is 25.7 Å². The third-order valence-corrected chi connectivity index (χ3v) is 20.2. The van der Waals surface area contributed by atoms with Crippen molar-refractivity contribution in [1.29, 1.82) is 0 Å². The molecule has 0 radical (unpaired) electrons. The molecule has 582 valence electrons. The summed E-state index contributed by atoms with van der Waals surface area (Å²) in [4.78, 5) is 72.9. The van der Waals surface area contributed by atoms with Crippen LogP contribution >= 0.6 is 15.6 Å². The number of carbonyl (C=O) groups excluding carboxylic acids is 4. The number of carbonyl (C=O) groups is 4. The second kappa shape index (κ2) is 68.2. The van der Waals surface area contributed by atoms with E-state index in [1.807, 2.05) is 0 Å². The molecule has 5 atom stereocenters. The smallest absolute Gasteiger partial charge is 0.462 e. The Kier molecular flexibility index (Phi) is 66.8. The Labute approximate surface area is 600 Å². The lowest BCUT2D eigenvalue weighted by molar-refractivity contribution is -0.161. The highest BCUT2D eigenvalue weighted by molar-refractivity contribution is 7.47. The fourth-order valence-corrected chi connectivity index (χ4v) is 13.7. The number of hydrogen-bond acceptors (Lipinski definition) is 15. The van der Waals surface area contributed by atoms with Crippen LogP contribution in [0.25, 0.3) is 0 Å². The molecule has 98 heavy (non-hydrogen) atoms. The van der Waals surface area contributed by atoms with Crippen molar-refractivity contribution in [2.75, 3.05) is 39.6 Å². The summed E-state index contributed by atoms with van der Waals surface area (Å²) in [7, 11) is -9.92. The maximum atomic E-state index is 13.1. The quantitative estimate of drug-likeness (QED) is 0.0222. The molecule has 0 fully saturated rings. The zero-order valence-corrected chi connectivity index (χ0v) is 66.2. The van der Waals surface area contributed by atoms with Crippen LogP contribution in [0.5, 0.6) is 0 Å². The second-order valence-electron chi connectivity index (χ2n) is 30.4. The van der Waals surface area contributed by atoms with Crippen LogP contribution in [0.2, 0.25) is 0 Å². The van der Waals surface area contributed by atoms with Crippen LogP contribution in [0.4, 0.5) is 0 Å². The van der Waals surface area contributed by atoms with Gasteiger partial charge in [0.15, 0.2) is 12.2 Å². The lowest BCUT2D eigenvalue weighted by atomic mass is 10.0. The molecule has 0 aliphatic heterocycles. The van der Waals surface area contributed by atoms with E-state index in [1.165, 1.54) is 199 Å². The summed E-state index contributed by atoms with van der Waals surface area (Å²) < 4.78 is 68.6. The molecule has 19 heteroatoms. The van der Waals surface area contributed by atoms with Gasteiger partial charge in [0.2, 0.25) is 0 Å². The summed E-state index contributed by atoms with van der Waals surface area (Å²) in [6.07, 6.45) is 54.3. The van der Waals surface area contributed by atoms with Crippen molar-refractivity contribution < 1.29 is 80.2 Å². The van der Waals surface area contributed by atoms with Gasteiger partial charge in [0.25, 0.3) is 0 Å². The number of unbranched alkanes of at least 4 members (excludes halogenated alkanes) is 42. The molecule has 17 nitrogen and oxygen atoms in total. The molecule has 0 spiro atoms. The highest BCUT2D eigenvalue weighted by Gasteiger charge is 2.30. The molecule has 0 saturated heterocycles. The van der Waals surface area contributed by atoms with Gasteiger partial charge in [-0.05, 0) is 49.4 Å². The minimum absolute atomic E-state index is 0.105. The molecular formula is C79H154O17P2. The first-order chi connectivity index (χ1) is 47.1. The molecule has 3 N–H and O–H groups in total. The van der Waals surface area contributed by atoms with E-state index in [4.69, 9.17) is 37.0 Å². The normalized spacial score (nSPS) is 14.1. The van der Waals surface area contributed by atoms with Gasteiger partial charge in [0.1, 0.15) is 19.3 Å². The van der Waals surface area contributed by atoms with Gasteiger partial charge < -0.3 is 33.8 Å². The van der Waals surface area contributed by atoms with Crippen LogP contribution in [0.15, 0.2) is 0 Å². The van der Waals surface area contributed by atoms with Crippen LogP contribution in [-0.2, 0) is 65.4 Å². The minimum Gasteiger partial charge on any atom is -0.462 e. The molecule has 3 unspecified atom stereocenters. The molecular weight excluding hydrogens is 1280 g/mol. The summed E-state index contributed by atoms with van der Waals surface area (Å²) in [5.74, 6) is 0.927. The lowest BCUT2D eigenvalue weighted by Gasteiger charge is -2.21. The molecule has 0 amide bonds. The predicted octanol–water partition coefficient (Wildman–Crippen LogP) is 23.2. The Hall–Kier alpha value is -1.94. The molecule has 0 aromatic carbocycles. The van der Waals surface area contributed by atoms with Gasteiger partial charge in [0.05, 0.1) is 26.4 Å². The molecule has 0 aliphatic carbocycles. The van der Waals surface area contributed by atoms with Gasteiger partial charge in [-0.2, -0.15) is 0 Å². The highest BCUT2D eigenvalue weighted by atomic mass is 31.2. The van der Waals surface area contributed by atoms with Crippen molar-refractivity contribution in [3.8, 4) is 0 Å². The Balaban J connectivity index is 5.20. The first kappa shape index (κ1) is 96.1. The van der Waals surface area contributed by atoms with Crippen molar-refractivity contribution in [3.63, 3.8) is 0 Å². The first-order valence-electron chi connectivity index (χ1n) is 40.7. The number of esters is 4. The Morgan fingerprint density at radius 2 is 0.429 bits per heavy atom. The molecule has 0 saturated carbocycles. The Bertz CT molecular complexity index is 1920. The van der Waals surface area contributed by atoms with Crippen molar-refractivity contribution in [2.45, 2.75) is 420 Å². The first-order valence-corrected chi connectivity index (χ1v) is 43.7. The number of phosphoric acid groups is 2. The number of aliphatic hydroxyl groups is 1. The van der Waals surface area contributed by atoms with Crippen LogP contribution in [0, 0.1) is 23.7 Å². The maximum absolute atomic E-state index is 13.1. The van der Waals surface area contributed by atoms with Gasteiger partial charge >= 0.3 is 39.5 Å². The number of hydrogen-bond donors (Lipinski definition) is 3. The van der Waals surface area contributed by atoms with E-state index in [-0.39, 0.29) is 25.7 Å². The third-order valence-electron chi connectivity index (χ3n) is 18.3. The average Bonchev–Trinajstić information content (AvgIpc) is 1.01. The Morgan fingerprint density at radius 1 is 0.255 bits per heavy atom. The van der Waals surface area contributed by atoms with E-state index in [0.717, 1.165) is 114 Å². The average molecular weight is 1440 g/mol. The monoisotopic (exact) mass is 1440 g/mol. The van der Waals surface area contributed by atoms with E-state index < -0.39 is 97.5 Å². The number of phosphoric ester groups is 2. The van der Waals surface area contributed by atoms with Gasteiger partial charge in [-0.25, -0.2) is 9.13 Å². The van der Waals surface area contributed by atoms with Crippen molar-refractivity contribution >= 4 is 39.5 Å². The number of aliphatic hydroxyl groups excluding tert-OH is 1. The zero-order valence-electron chi connectivity index (χ0n) is 64.4. The maximum Gasteiger partial charge on any atom is 0.472 e. The number of ether oxygens (including phenoxy) is 4. The Morgan fingerprint density at radius 3 is 0.633 bits per heavy atom. The van der Waals surface area contributed by atoms with E-state index in [0.29, 0.717) is 31.6 Å². The molecule has 0 bridgehead atoms. The summed E-state index contributed by atoms with van der Waals surface area (Å²) in [6, 6.07) is 0. The van der Waals surface area contributed by atoms with Crippen molar-refractivity contribution in [2.24, 2.45) is 23.7 Å².